The second-order valence-corrected chi connectivity index (χ2v) is 7.32. The standard InChI is InChI=1S/C19H20F6N4O2/c1-11(26)16-8-15-9-28(3-2-4-29(15)27-16)17(30)31-10-12-5-13(18(20,21)22)7-14(6-12)19(23,24)25/h5-8,11H,2-4,9-10,26H2,1H3. The Morgan fingerprint density at radius 3 is 2.26 bits per heavy atom. The molecule has 0 spiro atoms. The van der Waals surface area contributed by atoms with E-state index in [0.717, 1.165) is 0 Å². The van der Waals surface area contributed by atoms with Gasteiger partial charge >= 0.3 is 18.4 Å². The van der Waals surface area contributed by atoms with Crippen LogP contribution in [0.15, 0.2) is 24.3 Å². The Bertz CT molecular complexity index is 920. The number of nitrogens with zero attached hydrogens (tertiary/aromatic N) is 3. The predicted octanol–water partition coefficient (Wildman–Crippen LogP) is 4.48. The molecular weight excluding hydrogens is 430 g/mol. The largest absolute Gasteiger partial charge is 0.445 e. The van der Waals surface area contributed by atoms with Crippen molar-refractivity contribution >= 4 is 6.09 Å². The molecule has 1 aliphatic rings. The van der Waals surface area contributed by atoms with Crippen molar-refractivity contribution in [1.29, 1.82) is 0 Å². The lowest BCUT2D eigenvalue weighted by molar-refractivity contribution is -0.143. The molecule has 1 aliphatic heterocycles. The number of halogens is 6. The van der Waals surface area contributed by atoms with Gasteiger partial charge in [-0.1, -0.05) is 0 Å². The Kier molecular flexibility index (Phi) is 6.21. The molecule has 2 aromatic rings. The second kappa shape index (κ2) is 8.40. The first-order valence-electron chi connectivity index (χ1n) is 9.37. The molecule has 1 aromatic carbocycles. The molecule has 0 bridgehead atoms. The number of carbonyl (C=O) groups is 1. The Balaban J connectivity index is 1.74. The van der Waals surface area contributed by atoms with E-state index >= 15 is 0 Å². The summed E-state index contributed by atoms with van der Waals surface area (Å²) in [5, 5.41) is 4.36. The van der Waals surface area contributed by atoms with Crippen molar-refractivity contribution in [3.63, 3.8) is 0 Å². The number of rotatable bonds is 3. The van der Waals surface area contributed by atoms with Gasteiger partial charge in [0.2, 0.25) is 0 Å². The zero-order chi connectivity index (χ0) is 23.0. The fraction of sp³-hybridized carbons (Fsp3) is 0.474. The van der Waals surface area contributed by atoms with Gasteiger partial charge in [0, 0.05) is 19.1 Å². The van der Waals surface area contributed by atoms with Crippen LogP contribution in [0.2, 0.25) is 0 Å². The van der Waals surface area contributed by atoms with Gasteiger partial charge in [0.1, 0.15) is 6.61 Å². The van der Waals surface area contributed by atoms with Crippen LogP contribution in [-0.2, 0) is 36.8 Å². The molecule has 1 unspecified atom stereocenters. The lowest BCUT2D eigenvalue weighted by Crippen LogP contribution is -2.31. The van der Waals surface area contributed by atoms with Crippen molar-refractivity contribution in [3.8, 4) is 0 Å². The maximum absolute atomic E-state index is 13.0. The van der Waals surface area contributed by atoms with Crippen molar-refractivity contribution in [2.45, 2.75) is 51.4 Å². The summed E-state index contributed by atoms with van der Waals surface area (Å²) in [5.41, 5.74) is 3.84. The highest BCUT2D eigenvalue weighted by Crippen LogP contribution is 2.36. The van der Waals surface area contributed by atoms with E-state index in [9.17, 15) is 31.1 Å². The summed E-state index contributed by atoms with van der Waals surface area (Å²) in [6.45, 7) is 2.00. The Hall–Kier alpha value is -2.76. The van der Waals surface area contributed by atoms with E-state index in [-0.39, 0.29) is 18.7 Å². The predicted molar refractivity (Wildman–Crippen MR) is 96.5 cm³/mol. The van der Waals surface area contributed by atoms with Crippen LogP contribution >= 0.6 is 0 Å². The molecule has 6 nitrogen and oxygen atoms in total. The SMILES string of the molecule is CC(N)c1cc2n(n1)CCCN(C(=O)OCc1cc(C(F)(F)F)cc(C(F)(F)F)c1)C2. The molecule has 3 rings (SSSR count). The minimum atomic E-state index is -4.97. The number of benzene rings is 1. The smallest absolute Gasteiger partial charge is 0.416 e. The van der Waals surface area contributed by atoms with Gasteiger partial charge in [0.15, 0.2) is 0 Å². The quantitative estimate of drug-likeness (QED) is 0.700. The van der Waals surface area contributed by atoms with Crippen LogP contribution in [0.25, 0.3) is 0 Å². The second-order valence-electron chi connectivity index (χ2n) is 7.32. The highest BCUT2D eigenvalue weighted by atomic mass is 19.4. The van der Waals surface area contributed by atoms with E-state index in [2.05, 4.69) is 5.10 Å². The molecule has 0 fully saturated rings. The van der Waals surface area contributed by atoms with Gasteiger partial charge in [-0.15, -0.1) is 0 Å². The summed E-state index contributed by atoms with van der Waals surface area (Å²) in [6.07, 6.45) is -10.2. The number of hydrogen-bond acceptors (Lipinski definition) is 4. The molecular formula is C19H20F6N4O2. The molecule has 2 N–H and O–H groups in total. The van der Waals surface area contributed by atoms with Crippen LogP contribution in [0.1, 0.15) is 47.5 Å². The number of alkyl halides is 6. The summed E-state index contributed by atoms with van der Waals surface area (Å²) in [7, 11) is 0. The third-order valence-electron chi connectivity index (χ3n) is 4.77. The number of ether oxygens (including phenoxy) is 1. The third-order valence-corrected chi connectivity index (χ3v) is 4.77. The van der Waals surface area contributed by atoms with Gasteiger partial charge in [-0.05, 0) is 43.2 Å². The Morgan fingerprint density at radius 2 is 1.71 bits per heavy atom. The average molecular weight is 450 g/mol. The van der Waals surface area contributed by atoms with Crippen molar-refractivity contribution in [2.75, 3.05) is 6.54 Å². The van der Waals surface area contributed by atoms with Gasteiger partial charge in [-0.2, -0.15) is 31.4 Å². The van der Waals surface area contributed by atoms with E-state index in [1.807, 2.05) is 0 Å². The van der Waals surface area contributed by atoms with E-state index < -0.39 is 41.7 Å². The molecule has 1 aromatic heterocycles. The molecule has 0 aliphatic carbocycles. The number of carbonyl (C=O) groups excluding carboxylic acids is 1. The summed E-state index contributed by atoms with van der Waals surface area (Å²) in [5.74, 6) is 0. The van der Waals surface area contributed by atoms with E-state index in [0.29, 0.717) is 43.0 Å². The number of aryl methyl sites for hydroxylation is 1. The lowest BCUT2D eigenvalue weighted by atomic mass is 10.1. The van der Waals surface area contributed by atoms with Crippen LogP contribution in [0.4, 0.5) is 31.1 Å². The number of aromatic nitrogens is 2. The third kappa shape index (κ3) is 5.49. The zero-order valence-electron chi connectivity index (χ0n) is 16.4. The van der Waals surface area contributed by atoms with Crippen molar-refractivity contribution in [2.24, 2.45) is 5.73 Å². The molecule has 0 saturated carbocycles. The minimum absolute atomic E-state index is 0.0251. The highest BCUT2D eigenvalue weighted by molar-refractivity contribution is 5.67. The minimum Gasteiger partial charge on any atom is -0.445 e. The number of hydrogen-bond donors (Lipinski definition) is 1. The van der Waals surface area contributed by atoms with Gasteiger partial charge in [0.25, 0.3) is 0 Å². The monoisotopic (exact) mass is 450 g/mol. The molecule has 170 valence electrons. The first-order chi connectivity index (χ1) is 14.3. The maximum Gasteiger partial charge on any atom is 0.416 e. The molecule has 2 heterocycles. The van der Waals surface area contributed by atoms with Gasteiger partial charge in [-0.25, -0.2) is 4.79 Å². The topological polar surface area (TPSA) is 73.4 Å². The first-order valence-corrected chi connectivity index (χ1v) is 9.37. The van der Waals surface area contributed by atoms with E-state index in [1.54, 1.807) is 17.7 Å². The molecule has 0 radical (unpaired) electrons. The fourth-order valence-corrected chi connectivity index (χ4v) is 3.20. The molecule has 1 amide bonds. The van der Waals surface area contributed by atoms with Gasteiger partial charge in [0.05, 0.1) is 29.1 Å². The average Bonchev–Trinajstić information content (AvgIpc) is 2.96. The zero-order valence-corrected chi connectivity index (χ0v) is 16.4. The molecule has 0 saturated heterocycles. The Labute approximate surface area is 173 Å². The van der Waals surface area contributed by atoms with Crippen LogP contribution in [0, 0.1) is 0 Å². The number of fused-ring (bicyclic) bond motifs is 1. The van der Waals surface area contributed by atoms with Gasteiger partial charge < -0.3 is 15.4 Å². The Morgan fingerprint density at radius 1 is 1.10 bits per heavy atom. The van der Waals surface area contributed by atoms with Crippen LogP contribution in [-0.4, -0.2) is 27.3 Å². The number of nitrogens with two attached hydrogens (primary N) is 1. The lowest BCUT2D eigenvalue weighted by Gasteiger charge is -2.20. The molecule has 31 heavy (non-hydrogen) atoms. The van der Waals surface area contributed by atoms with Crippen LogP contribution in [0.5, 0.6) is 0 Å². The fourth-order valence-electron chi connectivity index (χ4n) is 3.20. The normalized spacial score (nSPS) is 15.9. The van der Waals surface area contributed by atoms with Gasteiger partial charge in [-0.3, -0.25) is 4.68 Å². The van der Waals surface area contributed by atoms with Crippen molar-refractivity contribution in [3.05, 3.63) is 52.3 Å². The maximum atomic E-state index is 13.0. The van der Waals surface area contributed by atoms with Crippen LogP contribution in [0.3, 0.4) is 0 Å². The van der Waals surface area contributed by atoms with E-state index in [4.69, 9.17) is 10.5 Å². The highest BCUT2D eigenvalue weighted by Gasteiger charge is 2.37. The van der Waals surface area contributed by atoms with Crippen molar-refractivity contribution in [1.82, 2.24) is 14.7 Å². The summed E-state index contributed by atoms with van der Waals surface area (Å²) >= 11 is 0. The van der Waals surface area contributed by atoms with Crippen molar-refractivity contribution < 1.29 is 35.9 Å². The summed E-state index contributed by atoms with van der Waals surface area (Å²) in [4.78, 5) is 13.8. The molecule has 1 atom stereocenters. The van der Waals surface area contributed by atoms with Crippen LogP contribution < -0.4 is 5.73 Å². The summed E-state index contributed by atoms with van der Waals surface area (Å²) < 4.78 is 84.6. The molecule has 12 heteroatoms. The van der Waals surface area contributed by atoms with E-state index in [1.165, 1.54) is 4.90 Å². The first kappa shape index (κ1) is 22.9. The number of amides is 1. The summed E-state index contributed by atoms with van der Waals surface area (Å²) in [6, 6.07) is 2.54.